The molecule has 1 aliphatic rings. The molecule has 0 aliphatic heterocycles. The first-order valence-corrected chi connectivity index (χ1v) is 9.31. The second kappa shape index (κ2) is 7.68. The Morgan fingerprint density at radius 3 is 2.68 bits per heavy atom. The summed E-state index contributed by atoms with van der Waals surface area (Å²) in [6, 6.07) is 14.5. The summed E-state index contributed by atoms with van der Waals surface area (Å²) in [6.07, 6.45) is 3.93. The Hall–Kier alpha value is -3.41. The predicted molar refractivity (Wildman–Crippen MR) is 107 cm³/mol. The maximum Gasteiger partial charge on any atom is 0.269 e. The molecule has 6 heteroatoms. The number of pyridine rings is 1. The first-order chi connectivity index (χ1) is 13.6. The van der Waals surface area contributed by atoms with Gasteiger partial charge in [-0.15, -0.1) is 0 Å². The molecule has 1 heterocycles. The van der Waals surface area contributed by atoms with Crippen LogP contribution in [-0.4, -0.2) is 30.4 Å². The molecule has 1 aliphatic carbocycles. The summed E-state index contributed by atoms with van der Waals surface area (Å²) >= 11 is 0. The third kappa shape index (κ3) is 3.96. The van der Waals surface area contributed by atoms with Gasteiger partial charge in [-0.3, -0.25) is 14.6 Å². The molecule has 2 aromatic carbocycles. The van der Waals surface area contributed by atoms with Crippen molar-refractivity contribution in [2.24, 2.45) is 5.92 Å². The zero-order chi connectivity index (χ0) is 19.5. The zero-order valence-corrected chi connectivity index (χ0v) is 15.6. The Morgan fingerprint density at radius 1 is 1.07 bits per heavy atom. The molecule has 1 fully saturated rings. The summed E-state index contributed by atoms with van der Waals surface area (Å²) < 4.78 is 5.89. The van der Waals surface area contributed by atoms with Crippen molar-refractivity contribution in [3.05, 3.63) is 66.0 Å². The van der Waals surface area contributed by atoms with E-state index in [4.69, 9.17) is 4.74 Å². The molecule has 1 aromatic heterocycles. The highest BCUT2D eigenvalue weighted by Crippen LogP contribution is 2.29. The minimum absolute atomic E-state index is 0.0458. The number of nitrogens with zero attached hydrogens (tertiary/aromatic N) is 1. The zero-order valence-electron chi connectivity index (χ0n) is 15.6. The van der Waals surface area contributed by atoms with Crippen molar-refractivity contribution in [2.75, 3.05) is 13.6 Å². The van der Waals surface area contributed by atoms with E-state index in [1.807, 2.05) is 36.4 Å². The van der Waals surface area contributed by atoms with E-state index in [9.17, 15) is 9.59 Å². The minimum Gasteiger partial charge on any atom is -0.457 e. The van der Waals surface area contributed by atoms with E-state index in [2.05, 4.69) is 15.6 Å². The van der Waals surface area contributed by atoms with E-state index in [0.717, 1.165) is 17.3 Å². The standard InChI is InChI=1S/C22H21N3O3/c1-23-22(27)20-12-17(9-10-24-20)28-16-7-8-18-15(11-16)3-2-4-19(18)21(26)25-13-14-5-6-14/h2-4,7-12,14H,5-6,13H2,1H3,(H,23,27)(H,25,26). The number of amides is 2. The van der Waals surface area contributed by atoms with Crippen LogP contribution in [0, 0.1) is 5.92 Å². The molecular formula is C22H21N3O3. The Kier molecular flexibility index (Phi) is 4.93. The molecule has 2 amide bonds. The SMILES string of the molecule is CNC(=O)c1cc(Oc2ccc3c(C(=O)NCC4CC4)cccc3c2)ccn1. The van der Waals surface area contributed by atoms with Crippen molar-refractivity contribution in [3.63, 3.8) is 0 Å². The Morgan fingerprint density at radius 2 is 1.89 bits per heavy atom. The van der Waals surface area contributed by atoms with Crippen molar-refractivity contribution in [2.45, 2.75) is 12.8 Å². The number of nitrogens with one attached hydrogen (secondary N) is 2. The van der Waals surface area contributed by atoms with E-state index in [1.54, 1.807) is 19.2 Å². The topological polar surface area (TPSA) is 80.3 Å². The molecule has 142 valence electrons. The Labute approximate surface area is 162 Å². The van der Waals surface area contributed by atoms with Crippen LogP contribution in [0.3, 0.4) is 0 Å². The van der Waals surface area contributed by atoms with Crippen LogP contribution in [-0.2, 0) is 0 Å². The number of hydrogen-bond acceptors (Lipinski definition) is 4. The number of aromatic nitrogens is 1. The third-order valence-electron chi connectivity index (χ3n) is 4.77. The van der Waals surface area contributed by atoms with Crippen LogP contribution in [0.5, 0.6) is 11.5 Å². The Bertz CT molecular complexity index is 1040. The van der Waals surface area contributed by atoms with Gasteiger partial charge in [-0.1, -0.05) is 12.1 Å². The summed E-state index contributed by atoms with van der Waals surface area (Å²) in [4.78, 5) is 28.3. The first kappa shape index (κ1) is 18.0. The average Bonchev–Trinajstić information content (AvgIpc) is 3.55. The van der Waals surface area contributed by atoms with E-state index in [1.165, 1.54) is 19.0 Å². The Balaban J connectivity index is 1.56. The van der Waals surface area contributed by atoms with Crippen molar-refractivity contribution in [1.29, 1.82) is 0 Å². The number of carbonyl (C=O) groups is 2. The monoisotopic (exact) mass is 375 g/mol. The van der Waals surface area contributed by atoms with Crippen LogP contribution in [0.25, 0.3) is 10.8 Å². The maximum atomic E-state index is 12.5. The molecular weight excluding hydrogens is 354 g/mol. The average molecular weight is 375 g/mol. The molecule has 0 unspecified atom stereocenters. The summed E-state index contributed by atoms with van der Waals surface area (Å²) in [6.45, 7) is 0.742. The summed E-state index contributed by atoms with van der Waals surface area (Å²) in [7, 11) is 1.55. The van der Waals surface area contributed by atoms with Gasteiger partial charge in [0.1, 0.15) is 17.2 Å². The van der Waals surface area contributed by atoms with Crippen LogP contribution < -0.4 is 15.4 Å². The quantitative estimate of drug-likeness (QED) is 0.691. The van der Waals surface area contributed by atoms with Gasteiger partial charge in [0.05, 0.1) is 0 Å². The number of ether oxygens (including phenoxy) is 1. The van der Waals surface area contributed by atoms with Gasteiger partial charge in [0.15, 0.2) is 0 Å². The van der Waals surface area contributed by atoms with Crippen molar-refractivity contribution < 1.29 is 14.3 Å². The fraction of sp³-hybridized carbons (Fsp3) is 0.227. The molecule has 3 aromatic rings. The summed E-state index contributed by atoms with van der Waals surface area (Å²) in [5.74, 6) is 1.46. The lowest BCUT2D eigenvalue weighted by atomic mass is 10.0. The second-order valence-electron chi connectivity index (χ2n) is 6.90. The molecule has 0 bridgehead atoms. The van der Waals surface area contributed by atoms with Crippen LogP contribution >= 0.6 is 0 Å². The normalized spacial score (nSPS) is 13.2. The molecule has 0 radical (unpaired) electrons. The molecule has 6 nitrogen and oxygen atoms in total. The first-order valence-electron chi connectivity index (χ1n) is 9.31. The van der Waals surface area contributed by atoms with E-state index < -0.39 is 0 Å². The van der Waals surface area contributed by atoms with Gasteiger partial charge in [-0.2, -0.15) is 0 Å². The van der Waals surface area contributed by atoms with E-state index in [-0.39, 0.29) is 17.5 Å². The fourth-order valence-electron chi connectivity index (χ4n) is 3.04. The highest BCUT2D eigenvalue weighted by molar-refractivity contribution is 6.07. The van der Waals surface area contributed by atoms with Gasteiger partial charge in [0.25, 0.3) is 11.8 Å². The van der Waals surface area contributed by atoms with Crippen LogP contribution in [0.4, 0.5) is 0 Å². The van der Waals surface area contributed by atoms with Crippen molar-refractivity contribution in [3.8, 4) is 11.5 Å². The van der Waals surface area contributed by atoms with Crippen molar-refractivity contribution in [1.82, 2.24) is 15.6 Å². The van der Waals surface area contributed by atoms with Crippen LogP contribution in [0.1, 0.15) is 33.7 Å². The highest BCUT2D eigenvalue weighted by Gasteiger charge is 2.22. The van der Waals surface area contributed by atoms with Crippen LogP contribution in [0.15, 0.2) is 54.7 Å². The minimum atomic E-state index is -0.272. The smallest absolute Gasteiger partial charge is 0.269 e. The number of fused-ring (bicyclic) bond motifs is 1. The maximum absolute atomic E-state index is 12.5. The predicted octanol–water partition coefficient (Wildman–Crippen LogP) is 3.53. The molecule has 0 saturated heterocycles. The van der Waals surface area contributed by atoms with Gasteiger partial charge in [0, 0.05) is 31.4 Å². The molecule has 0 atom stereocenters. The molecule has 0 spiro atoms. The number of carbonyl (C=O) groups excluding carboxylic acids is 2. The van der Waals surface area contributed by atoms with Gasteiger partial charge in [-0.05, 0) is 59.9 Å². The van der Waals surface area contributed by atoms with E-state index >= 15 is 0 Å². The van der Waals surface area contributed by atoms with E-state index in [0.29, 0.717) is 23.0 Å². The van der Waals surface area contributed by atoms with Crippen LogP contribution in [0.2, 0.25) is 0 Å². The number of hydrogen-bond donors (Lipinski definition) is 2. The van der Waals surface area contributed by atoms with Gasteiger partial charge >= 0.3 is 0 Å². The summed E-state index contributed by atoms with van der Waals surface area (Å²) in [5, 5.41) is 7.35. The third-order valence-corrected chi connectivity index (χ3v) is 4.77. The number of rotatable bonds is 6. The van der Waals surface area contributed by atoms with Crippen molar-refractivity contribution >= 4 is 22.6 Å². The van der Waals surface area contributed by atoms with Gasteiger partial charge < -0.3 is 15.4 Å². The lowest BCUT2D eigenvalue weighted by Gasteiger charge is -2.10. The molecule has 28 heavy (non-hydrogen) atoms. The molecule has 2 N–H and O–H groups in total. The highest BCUT2D eigenvalue weighted by atomic mass is 16.5. The number of benzene rings is 2. The second-order valence-corrected chi connectivity index (χ2v) is 6.90. The fourth-order valence-corrected chi connectivity index (χ4v) is 3.04. The summed E-state index contributed by atoms with van der Waals surface area (Å²) in [5.41, 5.74) is 0.950. The molecule has 4 rings (SSSR count). The lowest BCUT2D eigenvalue weighted by molar-refractivity contribution is 0.0947. The largest absolute Gasteiger partial charge is 0.457 e. The lowest BCUT2D eigenvalue weighted by Crippen LogP contribution is -2.25. The molecule has 1 saturated carbocycles. The van der Waals surface area contributed by atoms with Gasteiger partial charge in [-0.25, -0.2) is 0 Å². The van der Waals surface area contributed by atoms with Gasteiger partial charge in [0.2, 0.25) is 0 Å².